The summed E-state index contributed by atoms with van der Waals surface area (Å²) < 4.78 is 15.9. The van der Waals surface area contributed by atoms with Crippen molar-refractivity contribution in [3.05, 3.63) is 53.6 Å². The Kier molecular flexibility index (Phi) is 8.09. The van der Waals surface area contributed by atoms with Gasteiger partial charge in [-0.25, -0.2) is 0 Å². The van der Waals surface area contributed by atoms with Crippen molar-refractivity contribution in [2.75, 3.05) is 20.8 Å². The number of hydrogen-bond acceptors (Lipinski definition) is 5. The first-order chi connectivity index (χ1) is 14.2. The van der Waals surface area contributed by atoms with Crippen molar-refractivity contribution in [2.45, 2.75) is 39.0 Å². The van der Waals surface area contributed by atoms with Gasteiger partial charge in [0.25, 0.3) is 5.91 Å². The summed E-state index contributed by atoms with van der Waals surface area (Å²) in [4.78, 5) is 24.2. The van der Waals surface area contributed by atoms with Gasteiger partial charge < -0.3 is 14.2 Å². The molecule has 0 atom stereocenters. The van der Waals surface area contributed by atoms with Gasteiger partial charge in [0.1, 0.15) is 17.2 Å². The highest BCUT2D eigenvalue weighted by atomic mass is 16.5. The Morgan fingerprint density at radius 3 is 2.00 bits per heavy atom. The van der Waals surface area contributed by atoms with Gasteiger partial charge in [0.2, 0.25) is 5.91 Å². The Labute approximate surface area is 177 Å². The zero-order valence-corrected chi connectivity index (χ0v) is 18.2. The largest absolute Gasteiger partial charge is 0.497 e. The molecule has 0 aromatic heterocycles. The van der Waals surface area contributed by atoms with Crippen molar-refractivity contribution in [2.24, 2.45) is 0 Å². The van der Waals surface area contributed by atoms with Gasteiger partial charge in [0, 0.05) is 18.1 Å². The standard InChI is InChI=1S/C23H30N2O5/c1-23(2,3)17-8-10-18(11-9-17)30-12-6-7-21(26)24-25-22(27)16-13-19(28-4)15-20(14-16)29-5/h8-11,13-15H,6-7,12H2,1-5H3,(H,24,26)(H,25,27). The molecule has 0 saturated carbocycles. The first-order valence-corrected chi connectivity index (χ1v) is 9.78. The van der Waals surface area contributed by atoms with E-state index in [9.17, 15) is 9.59 Å². The maximum atomic E-state index is 12.2. The Hall–Kier alpha value is -3.22. The number of ether oxygens (including phenoxy) is 3. The van der Waals surface area contributed by atoms with Crippen LogP contribution in [0.1, 0.15) is 49.5 Å². The first-order valence-electron chi connectivity index (χ1n) is 9.78. The highest BCUT2D eigenvalue weighted by Gasteiger charge is 2.13. The molecule has 2 amide bonds. The SMILES string of the molecule is COc1cc(OC)cc(C(=O)NNC(=O)CCCOc2ccc(C(C)(C)C)cc2)c1. The van der Waals surface area contributed by atoms with Crippen LogP contribution in [0.15, 0.2) is 42.5 Å². The Bertz CT molecular complexity index is 835. The van der Waals surface area contributed by atoms with E-state index in [-0.39, 0.29) is 17.7 Å². The molecule has 0 radical (unpaired) electrons. The maximum absolute atomic E-state index is 12.2. The molecular formula is C23H30N2O5. The Balaban J connectivity index is 1.73. The number of carbonyl (C=O) groups excluding carboxylic acids is 2. The third kappa shape index (κ3) is 6.99. The highest BCUT2D eigenvalue weighted by Crippen LogP contribution is 2.24. The minimum absolute atomic E-state index is 0.0943. The van der Waals surface area contributed by atoms with Crippen LogP contribution in [0.2, 0.25) is 0 Å². The fourth-order valence-electron chi connectivity index (χ4n) is 2.67. The molecule has 162 valence electrons. The number of rotatable bonds is 8. The van der Waals surface area contributed by atoms with E-state index >= 15 is 0 Å². The molecule has 2 aromatic carbocycles. The first kappa shape index (κ1) is 23.1. The van der Waals surface area contributed by atoms with E-state index in [0.29, 0.717) is 30.1 Å². The smallest absolute Gasteiger partial charge is 0.269 e. The Morgan fingerprint density at radius 1 is 0.867 bits per heavy atom. The number of carbonyl (C=O) groups is 2. The molecule has 7 heteroatoms. The van der Waals surface area contributed by atoms with Gasteiger partial charge in [-0.2, -0.15) is 0 Å². The number of amides is 2. The van der Waals surface area contributed by atoms with Gasteiger partial charge >= 0.3 is 0 Å². The molecular weight excluding hydrogens is 384 g/mol. The molecule has 2 rings (SSSR count). The molecule has 2 aromatic rings. The zero-order chi connectivity index (χ0) is 22.1. The maximum Gasteiger partial charge on any atom is 0.269 e. The average molecular weight is 415 g/mol. The normalized spacial score (nSPS) is 10.8. The molecule has 0 heterocycles. The van der Waals surface area contributed by atoms with Crippen molar-refractivity contribution in [1.82, 2.24) is 10.9 Å². The van der Waals surface area contributed by atoms with Crippen LogP contribution in [-0.2, 0) is 10.2 Å². The van der Waals surface area contributed by atoms with Gasteiger partial charge in [-0.05, 0) is 41.7 Å². The highest BCUT2D eigenvalue weighted by molar-refractivity contribution is 5.96. The second-order valence-corrected chi connectivity index (χ2v) is 7.83. The minimum atomic E-state index is -0.462. The third-order valence-electron chi connectivity index (χ3n) is 4.47. The molecule has 0 aliphatic carbocycles. The van der Waals surface area contributed by atoms with E-state index in [1.165, 1.54) is 19.8 Å². The summed E-state index contributed by atoms with van der Waals surface area (Å²) >= 11 is 0. The van der Waals surface area contributed by atoms with Crippen molar-refractivity contribution >= 4 is 11.8 Å². The summed E-state index contributed by atoms with van der Waals surface area (Å²) in [6, 6.07) is 12.7. The van der Waals surface area contributed by atoms with Crippen LogP contribution >= 0.6 is 0 Å². The molecule has 0 spiro atoms. The van der Waals surface area contributed by atoms with Crippen molar-refractivity contribution in [1.29, 1.82) is 0 Å². The predicted octanol–water partition coefficient (Wildman–Crippen LogP) is 3.62. The number of methoxy groups -OCH3 is 2. The van der Waals surface area contributed by atoms with Crippen LogP contribution in [0.5, 0.6) is 17.2 Å². The summed E-state index contributed by atoms with van der Waals surface area (Å²) in [5.41, 5.74) is 6.44. The summed E-state index contributed by atoms with van der Waals surface area (Å²) in [6.45, 7) is 6.88. The lowest BCUT2D eigenvalue weighted by atomic mass is 9.87. The van der Waals surface area contributed by atoms with Crippen LogP contribution in [0.4, 0.5) is 0 Å². The quantitative estimate of drug-likeness (QED) is 0.509. The fourth-order valence-corrected chi connectivity index (χ4v) is 2.67. The van der Waals surface area contributed by atoms with E-state index < -0.39 is 5.91 Å². The van der Waals surface area contributed by atoms with Crippen molar-refractivity contribution in [3.8, 4) is 17.2 Å². The lowest BCUT2D eigenvalue weighted by molar-refractivity contribution is -0.122. The van der Waals surface area contributed by atoms with Crippen molar-refractivity contribution < 1.29 is 23.8 Å². The predicted molar refractivity (Wildman–Crippen MR) is 115 cm³/mol. The van der Waals surface area contributed by atoms with Crippen LogP contribution in [-0.4, -0.2) is 32.6 Å². The van der Waals surface area contributed by atoms with E-state index in [4.69, 9.17) is 14.2 Å². The molecule has 0 saturated heterocycles. The van der Waals surface area contributed by atoms with Gasteiger partial charge in [0.15, 0.2) is 0 Å². The van der Waals surface area contributed by atoms with Crippen LogP contribution < -0.4 is 25.1 Å². The fraction of sp³-hybridized carbons (Fsp3) is 0.391. The third-order valence-corrected chi connectivity index (χ3v) is 4.47. The summed E-state index contributed by atoms with van der Waals surface area (Å²) in [5, 5.41) is 0. The Morgan fingerprint density at radius 2 is 1.47 bits per heavy atom. The summed E-state index contributed by atoms with van der Waals surface area (Å²) in [7, 11) is 3.00. The van der Waals surface area contributed by atoms with E-state index in [1.807, 2.05) is 24.3 Å². The van der Waals surface area contributed by atoms with Gasteiger partial charge in [0.05, 0.1) is 20.8 Å². The molecule has 2 N–H and O–H groups in total. The topological polar surface area (TPSA) is 85.9 Å². The molecule has 0 unspecified atom stereocenters. The van der Waals surface area contributed by atoms with Crippen LogP contribution in [0, 0.1) is 0 Å². The average Bonchev–Trinajstić information content (AvgIpc) is 2.74. The number of benzene rings is 2. The molecule has 0 bridgehead atoms. The van der Waals surface area contributed by atoms with Gasteiger partial charge in [-0.15, -0.1) is 0 Å². The second-order valence-electron chi connectivity index (χ2n) is 7.83. The summed E-state index contributed by atoms with van der Waals surface area (Å²) in [6.07, 6.45) is 0.748. The van der Waals surface area contributed by atoms with Gasteiger partial charge in [-0.3, -0.25) is 20.4 Å². The lowest BCUT2D eigenvalue weighted by Crippen LogP contribution is -2.41. The van der Waals surface area contributed by atoms with E-state index in [1.54, 1.807) is 18.2 Å². The molecule has 0 aliphatic heterocycles. The molecule has 0 fully saturated rings. The number of hydrazine groups is 1. The molecule has 30 heavy (non-hydrogen) atoms. The van der Waals surface area contributed by atoms with E-state index in [0.717, 1.165) is 5.75 Å². The van der Waals surface area contributed by atoms with E-state index in [2.05, 4.69) is 31.6 Å². The zero-order valence-electron chi connectivity index (χ0n) is 18.2. The second kappa shape index (κ2) is 10.5. The monoisotopic (exact) mass is 414 g/mol. The van der Waals surface area contributed by atoms with Crippen molar-refractivity contribution in [3.63, 3.8) is 0 Å². The molecule has 0 aliphatic rings. The number of nitrogens with one attached hydrogen (secondary N) is 2. The molecule has 7 nitrogen and oxygen atoms in total. The lowest BCUT2D eigenvalue weighted by Gasteiger charge is -2.19. The minimum Gasteiger partial charge on any atom is -0.497 e. The van der Waals surface area contributed by atoms with Crippen LogP contribution in [0.3, 0.4) is 0 Å². The van der Waals surface area contributed by atoms with Crippen LogP contribution in [0.25, 0.3) is 0 Å². The van der Waals surface area contributed by atoms with Gasteiger partial charge in [-0.1, -0.05) is 32.9 Å². The summed E-state index contributed by atoms with van der Waals surface area (Å²) in [5.74, 6) is 0.973. The number of hydrogen-bond donors (Lipinski definition) is 2.